The van der Waals surface area contributed by atoms with Crippen LogP contribution >= 0.6 is 11.6 Å². The zero-order chi connectivity index (χ0) is 17.8. The van der Waals surface area contributed by atoms with Crippen LogP contribution in [0.25, 0.3) is 0 Å². The van der Waals surface area contributed by atoms with Gasteiger partial charge in [-0.25, -0.2) is 0 Å². The van der Waals surface area contributed by atoms with Crippen molar-refractivity contribution in [3.63, 3.8) is 0 Å². The molecule has 0 saturated carbocycles. The van der Waals surface area contributed by atoms with Crippen LogP contribution < -0.4 is 10.2 Å². The molecule has 0 aliphatic carbocycles. The molecule has 0 aromatic heterocycles. The van der Waals surface area contributed by atoms with E-state index in [4.69, 9.17) is 11.6 Å². The van der Waals surface area contributed by atoms with Gasteiger partial charge in [-0.15, -0.1) is 0 Å². The monoisotopic (exact) mass is 357 g/mol. The maximum atomic E-state index is 12.7. The van der Waals surface area contributed by atoms with Gasteiger partial charge in [0.05, 0.1) is 11.4 Å². The van der Waals surface area contributed by atoms with E-state index in [0.29, 0.717) is 5.02 Å². The van der Waals surface area contributed by atoms with Gasteiger partial charge in [0.25, 0.3) is 0 Å². The minimum Gasteiger partial charge on any atom is -0.343 e. The maximum absolute atomic E-state index is 12.7. The molecule has 1 amide bonds. The van der Waals surface area contributed by atoms with Gasteiger partial charge >= 0.3 is 0 Å². The molecule has 0 spiro atoms. The molecule has 1 N–H and O–H groups in total. The highest BCUT2D eigenvalue weighted by molar-refractivity contribution is 6.30. The highest BCUT2D eigenvalue weighted by Crippen LogP contribution is 2.32. The Kier molecular flexibility index (Phi) is 5.61. The van der Waals surface area contributed by atoms with Crippen molar-refractivity contribution in [3.05, 3.63) is 53.6 Å². The number of hydrogen-bond acceptors (Lipinski definition) is 3. The normalized spacial score (nSPS) is 15.8. The molecule has 2 aromatic rings. The van der Waals surface area contributed by atoms with Crippen molar-refractivity contribution in [2.45, 2.75) is 12.8 Å². The lowest BCUT2D eigenvalue weighted by Gasteiger charge is -2.29. The Morgan fingerprint density at radius 2 is 1.76 bits per heavy atom. The van der Waals surface area contributed by atoms with Crippen molar-refractivity contribution < 1.29 is 4.79 Å². The number of halogens is 1. The van der Waals surface area contributed by atoms with E-state index >= 15 is 0 Å². The highest BCUT2D eigenvalue weighted by Gasteiger charge is 2.24. The number of benzene rings is 2. The number of nitrogens with one attached hydrogen (secondary N) is 1. The number of likely N-dealkylation sites (tertiary alicyclic amines) is 1. The summed E-state index contributed by atoms with van der Waals surface area (Å²) >= 11 is 5.98. The number of carbonyl (C=O) groups is 1. The van der Waals surface area contributed by atoms with Crippen LogP contribution in [-0.4, -0.2) is 38.0 Å². The molecule has 1 aliphatic rings. The molecule has 4 nitrogen and oxygen atoms in total. The molecule has 0 unspecified atom stereocenters. The van der Waals surface area contributed by atoms with Crippen LogP contribution in [0.2, 0.25) is 5.02 Å². The fourth-order valence-electron chi connectivity index (χ4n) is 3.18. The number of carbonyl (C=O) groups excluding carboxylic acids is 1. The average molecular weight is 358 g/mol. The summed E-state index contributed by atoms with van der Waals surface area (Å²) in [5.74, 6) is 0.204. The molecule has 2 aromatic carbocycles. The topological polar surface area (TPSA) is 35.6 Å². The predicted molar refractivity (Wildman–Crippen MR) is 105 cm³/mol. The number of hydrogen-bond donors (Lipinski definition) is 1. The van der Waals surface area contributed by atoms with Gasteiger partial charge in [0.15, 0.2) is 0 Å². The Bertz CT molecular complexity index is 724. The smallest absolute Gasteiger partial charge is 0.227 e. The molecular formula is C20H24ClN3O. The van der Waals surface area contributed by atoms with E-state index in [1.165, 1.54) is 0 Å². The molecule has 1 fully saturated rings. The van der Waals surface area contributed by atoms with Crippen LogP contribution in [0.3, 0.4) is 0 Å². The van der Waals surface area contributed by atoms with Crippen LogP contribution in [0.1, 0.15) is 12.8 Å². The average Bonchev–Trinajstić information content (AvgIpc) is 2.63. The van der Waals surface area contributed by atoms with Crippen LogP contribution in [0.5, 0.6) is 0 Å². The standard InChI is InChI=1S/C20H24ClN3O/c1-23-13-11-15(12-14-23)20(25)22-18-5-3-4-6-19(18)24(2)17-9-7-16(21)8-10-17/h3-10,15H,11-14H2,1-2H3,(H,22,25). The predicted octanol–water partition coefficient (Wildman–Crippen LogP) is 4.39. The molecule has 1 saturated heterocycles. The van der Waals surface area contributed by atoms with Gasteiger partial charge < -0.3 is 15.1 Å². The Hall–Kier alpha value is -2.04. The third-order valence-corrected chi connectivity index (χ3v) is 5.08. The van der Waals surface area contributed by atoms with Crippen molar-refractivity contribution >= 4 is 34.6 Å². The Morgan fingerprint density at radius 3 is 2.44 bits per heavy atom. The van der Waals surface area contributed by atoms with E-state index in [2.05, 4.69) is 22.2 Å². The first-order chi connectivity index (χ1) is 12.0. The number of nitrogens with zero attached hydrogens (tertiary/aromatic N) is 2. The minimum atomic E-state index is 0.0881. The molecular weight excluding hydrogens is 334 g/mol. The third kappa shape index (κ3) is 4.33. The van der Waals surface area contributed by atoms with Crippen molar-refractivity contribution in [2.24, 2.45) is 5.92 Å². The number of para-hydroxylation sites is 2. The lowest BCUT2D eigenvalue weighted by atomic mass is 9.96. The van der Waals surface area contributed by atoms with E-state index < -0.39 is 0 Å². The van der Waals surface area contributed by atoms with Gasteiger partial charge in [-0.3, -0.25) is 4.79 Å². The number of amides is 1. The Balaban J connectivity index is 1.76. The highest BCUT2D eigenvalue weighted by atomic mass is 35.5. The second kappa shape index (κ2) is 7.89. The largest absolute Gasteiger partial charge is 0.343 e. The molecule has 0 bridgehead atoms. The second-order valence-electron chi connectivity index (χ2n) is 6.62. The minimum absolute atomic E-state index is 0.0881. The number of rotatable bonds is 4. The van der Waals surface area contributed by atoms with Gasteiger partial charge in [-0.05, 0) is 69.4 Å². The maximum Gasteiger partial charge on any atom is 0.227 e. The molecule has 1 aliphatic heterocycles. The summed E-state index contributed by atoms with van der Waals surface area (Å²) in [6.45, 7) is 1.95. The first kappa shape index (κ1) is 17.8. The SMILES string of the molecule is CN1CCC(C(=O)Nc2ccccc2N(C)c2ccc(Cl)cc2)CC1. The molecule has 0 atom stereocenters. The van der Waals surface area contributed by atoms with Gasteiger partial charge in [0.2, 0.25) is 5.91 Å². The van der Waals surface area contributed by atoms with Crippen molar-refractivity contribution in [1.29, 1.82) is 0 Å². The summed E-state index contributed by atoms with van der Waals surface area (Å²) in [5, 5.41) is 3.84. The van der Waals surface area contributed by atoms with Gasteiger partial charge in [-0.1, -0.05) is 23.7 Å². The molecule has 3 rings (SSSR count). The number of piperidine rings is 1. The van der Waals surface area contributed by atoms with Gasteiger partial charge in [0.1, 0.15) is 0 Å². The van der Waals surface area contributed by atoms with Crippen molar-refractivity contribution in [2.75, 3.05) is 37.4 Å². The fourth-order valence-corrected chi connectivity index (χ4v) is 3.31. The second-order valence-corrected chi connectivity index (χ2v) is 7.06. The molecule has 132 valence electrons. The quantitative estimate of drug-likeness (QED) is 0.881. The molecule has 0 radical (unpaired) electrons. The Labute approximate surface area is 154 Å². The lowest BCUT2D eigenvalue weighted by Crippen LogP contribution is -2.36. The van der Waals surface area contributed by atoms with E-state index in [9.17, 15) is 4.79 Å². The van der Waals surface area contributed by atoms with Gasteiger partial charge in [-0.2, -0.15) is 0 Å². The van der Waals surface area contributed by atoms with Crippen LogP contribution in [0, 0.1) is 5.92 Å². The van der Waals surface area contributed by atoms with E-state index in [-0.39, 0.29) is 11.8 Å². The van der Waals surface area contributed by atoms with Crippen LogP contribution in [-0.2, 0) is 4.79 Å². The van der Waals surface area contributed by atoms with Crippen molar-refractivity contribution in [1.82, 2.24) is 4.90 Å². The van der Waals surface area contributed by atoms with Crippen molar-refractivity contribution in [3.8, 4) is 0 Å². The lowest BCUT2D eigenvalue weighted by molar-refractivity contribution is -0.121. The van der Waals surface area contributed by atoms with E-state index in [1.54, 1.807) is 0 Å². The molecule has 25 heavy (non-hydrogen) atoms. The summed E-state index contributed by atoms with van der Waals surface area (Å²) in [4.78, 5) is 17.0. The summed E-state index contributed by atoms with van der Waals surface area (Å²) in [7, 11) is 4.09. The van der Waals surface area contributed by atoms with Crippen LogP contribution in [0.4, 0.5) is 17.1 Å². The first-order valence-corrected chi connectivity index (χ1v) is 9.00. The van der Waals surface area contributed by atoms with E-state index in [0.717, 1.165) is 43.0 Å². The third-order valence-electron chi connectivity index (χ3n) is 4.83. The number of anilines is 3. The zero-order valence-electron chi connectivity index (χ0n) is 14.7. The first-order valence-electron chi connectivity index (χ1n) is 8.62. The summed E-state index contributed by atoms with van der Waals surface area (Å²) in [6, 6.07) is 15.6. The van der Waals surface area contributed by atoms with E-state index in [1.807, 2.05) is 55.6 Å². The fraction of sp³-hybridized carbons (Fsp3) is 0.350. The summed E-state index contributed by atoms with van der Waals surface area (Å²) < 4.78 is 0. The Morgan fingerprint density at radius 1 is 1.12 bits per heavy atom. The zero-order valence-corrected chi connectivity index (χ0v) is 15.5. The van der Waals surface area contributed by atoms with Crippen LogP contribution in [0.15, 0.2) is 48.5 Å². The summed E-state index contributed by atoms with van der Waals surface area (Å²) in [5.41, 5.74) is 2.82. The van der Waals surface area contributed by atoms with Gasteiger partial charge in [0, 0.05) is 23.7 Å². The molecule has 1 heterocycles. The molecule has 5 heteroatoms. The summed E-state index contributed by atoms with van der Waals surface area (Å²) in [6.07, 6.45) is 1.83.